The third-order valence-electron chi connectivity index (χ3n) is 4.84. The molecule has 1 atom stereocenters. The van der Waals surface area contributed by atoms with E-state index in [-0.39, 0.29) is 17.2 Å². The highest BCUT2D eigenvalue weighted by atomic mass is 32.1. The maximum atomic E-state index is 12.9. The molecule has 3 aromatic rings. The van der Waals surface area contributed by atoms with E-state index in [4.69, 9.17) is 14.2 Å². The topological polar surface area (TPSA) is 103 Å². The van der Waals surface area contributed by atoms with Crippen molar-refractivity contribution < 1.29 is 28.6 Å². The summed E-state index contributed by atoms with van der Waals surface area (Å²) in [5.74, 6) is -0.612. The van der Waals surface area contributed by atoms with Crippen molar-refractivity contribution in [2.45, 2.75) is 26.9 Å². The molecule has 2 N–H and O–H groups in total. The molecule has 0 aliphatic rings. The zero-order chi connectivity index (χ0) is 24.7. The number of carbonyl (C=O) groups is 3. The lowest BCUT2D eigenvalue weighted by Gasteiger charge is -2.16. The molecule has 0 saturated carbocycles. The van der Waals surface area contributed by atoms with Gasteiger partial charge in [0.05, 0.1) is 24.2 Å². The third-order valence-corrected chi connectivity index (χ3v) is 6.05. The molecule has 0 aliphatic carbocycles. The number of methoxy groups -OCH3 is 1. The van der Waals surface area contributed by atoms with Crippen LogP contribution in [0.25, 0.3) is 0 Å². The van der Waals surface area contributed by atoms with Gasteiger partial charge in [-0.3, -0.25) is 9.59 Å². The number of esters is 1. The van der Waals surface area contributed by atoms with Gasteiger partial charge in [-0.25, -0.2) is 4.79 Å². The van der Waals surface area contributed by atoms with Gasteiger partial charge in [0.2, 0.25) is 0 Å². The number of ether oxygens (including phenoxy) is 3. The lowest BCUT2D eigenvalue weighted by Crippen LogP contribution is -2.30. The molecular formula is C25H26N2O6S. The lowest BCUT2D eigenvalue weighted by atomic mass is 10.1. The number of benzene rings is 2. The Balaban J connectivity index is 1.85. The van der Waals surface area contributed by atoms with E-state index in [0.29, 0.717) is 27.6 Å². The first-order valence-corrected chi connectivity index (χ1v) is 11.4. The Bertz CT molecular complexity index is 1180. The molecule has 0 radical (unpaired) electrons. The molecule has 178 valence electrons. The van der Waals surface area contributed by atoms with Gasteiger partial charge in [0, 0.05) is 5.69 Å². The first-order valence-electron chi connectivity index (χ1n) is 10.6. The summed E-state index contributed by atoms with van der Waals surface area (Å²) in [7, 11) is 1.51. The van der Waals surface area contributed by atoms with Crippen molar-refractivity contribution >= 4 is 39.8 Å². The van der Waals surface area contributed by atoms with Crippen LogP contribution in [0.15, 0.2) is 54.6 Å². The molecule has 34 heavy (non-hydrogen) atoms. The van der Waals surface area contributed by atoms with E-state index < -0.39 is 23.9 Å². The Morgan fingerprint density at radius 3 is 2.26 bits per heavy atom. The Hall–Kier alpha value is -3.85. The van der Waals surface area contributed by atoms with E-state index in [0.717, 1.165) is 11.3 Å². The summed E-state index contributed by atoms with van der Waals surface area (Å²) < 4.78 is 16.2. The number of amides is 2. The molecule has 0 spiro atoms. The van der Waals surface area contributed by atoms with Gasteiger partial charge in [0.15, 0.2) is 17.6 Å². The SMILES string of the molecule is CCOC(=O)c1c(NC(=O)[C@H](C)Oc2ccccc2OC)sc(C(=O)Nc2ccccc2)c1C. The van der Waals surface area contributed by atoms with Crippen molar-refractivity contribution in [1.82, 2.24) is 0 Å². The average molecular weight is 483 g/mol. The Morgan fingerprint density at radius 2 is 1.62 bits per heavy atom. The van der Waals surface area contributed by atoms with E-state index in [2.05, 4.69) is 10.6 Å². The van der Waals surface area contributed by atoms with Gasteiger partial charge in [0.1, 0.15) is 5.00 Å². The number of thiophene rings is 1. The summed E-state index contributed by atoms with van der Waals surface area (Å²) in [5.41, 5.74) is 1.18. The molecule has 0 bridgehead atoms. The van der Waals surface area contributed by atoms with Crippen LogP contribution in [-0.4, -0.2) is 37.6 Å². The van der Waals surface area contributed by atoms with Crippen LogP contribution in [0.2, 0.25) is 0 Å². The largest absolute Gasteiger partial charge is 0.493 e. The summed E-state index contributed by atoms with van der Waals surface area (Å²) in [6, 6.07) is 15.9. The van der Waals surface area contributed by atoms with Crippen molar-refractivity contribution in [1.29, 1.82) is 0 Å². The summed E-state index contributed by atoms with van der Waals surface area (Å²) in [6.07, 6.45) is -0.907. The minimum absolute atomic E-state index is 0.142. The molecule has 1 aromatic heterocycles. The molecule has 0 aliphatic heterocycles. The van der Waals surface area contributed by atoms with Crippen LogP contribution in [0.4, 0.5) is 10.7 Å². The molecule has 2 amide bonds. The van der Waals surface area contributed by atoms with Crippen molar-refractivity contribution in [3.05, 3.63) is 70.6 Å². The highest BCUT2D eigenvalue weighted by molar-refractivity contribution is 7.19. The van der Waals surface area contributed by atoms with Crippen molar-refractivity contribution in [3.63, 3.8) is 0 Å². The van der Waals surface area contributed by atoms with Crippen molar-refractivity contribution in [2.75, 3.05) is 24.4 Å². The monoisotopic (exact) mass is 482 g/mol. The predicted molar refractivity (Wildman–Crippen MR) is 131 cm³/mol. The highest BCUT2D eigenvalue weighted by Gasteiger charge is 2.28. The normalized spacial score (nSPS) is 11.3. The van der Waals surface area contributed by atoms with E-state index in [9.17, 15) is 14.4 Å². The van der Waals surface area contributed by atoms with E-state index in [1.165, 1.54) is 7.11 Å². The molecule has 2 aromatic carbocycles. The fourth-order valence-electron chi connectivity index (χ4n) is 3.15. The molecule has 0 unspecified atom stereocenters. The standard InChI is InChI=1S/C25H26N2O6S/c1-5-32-25(30)20-15(2)21(23(29)26-17-11-7-6-8-12-17)34-24(20)27-22(28)16(3)33-19-14-10-9-13-18(19)31-4/h6-14,16H,5H2,1-4H3,(H,26,29)(H,27,28)/t16-/m0/s1. The van der Waals surface area contributed by atoms with E-state index in [1.54, 1.807) is 69.3 Å². The van der Waals surface area contributed by atoms with Crippen LogP contribution < -0.4 is 20.1 Å². The number of hydrogen-bond donors (Lipinski definition) is 2. The highest BCUT2D eigenvalue weighted by Crippen LogP contribution is 2.35. The van der Waals surface area contributed by atoms with Crippen LogP contribution in [0.5, 0.6) is 11.5 Å². The second-order valence-electron chi connectivity index (χ2n) is 7.20. The summed E-state index contributed by atoms with van der Waals surface area (Å²) >= 11 is 1.00. The van der Waals surface area contributed by atoms with Gasteiger partial charge in [-0.1, -0.05) is 30.3 Å². The average Bonchev–Trinajstić information content (AvgIpc) is 3.15. The van der Waals surface area contributed by atoms with Crippen LogP contribution in [-0.2, 0) is 9.53 Å². The van der Waals surface area contributed by atoms with E-state index in [1.807, 2.05) is 6.07 Å². The number of anilines is 2. The molecular weight excluding hydrogens is 456 g/mol. The molecule has 9 heteroatoms. The molecule has 0 saturated heterocycles. The maximum Gasteiger partial charge on any atom is 0.341 e. The van der Waals surface area contributed by atoms with Crippen LogP contribution in [0.3, 0.4) is 0 Å². The van der Waals surface area contributed by atoms with Gasteiger partial charge in [-0.05, 0) is 50.6 Å². The van der Waals surface area contributed by atoms with Crippen LogP contribution >= 0.6 is 11.3 Å². The Kier molecular flexibility index (Phi) is 8.26. The van der Waals surface area contributed by atoms with Gasteiger partial charge >= 0.3 is 5.97 Å². The van der Waals surface area contributed by atoms with Gasteiger partial charge in [-0.2, -0.15) is 0 Å². The molecule has 1 heterocycles. The Labute approximate surface area is 201 Å². The van der Waals surface area contributed by atoms with Crippen LogP contribution in [0, 0.1) is 6.92 Å². The number of nitrogens with one attached hydrogen (secondary N) is 2. The molecule has 3 rings (SSSR count). The second kappa shape index (κ2) is 11.3. The third kappa shape index (κ3) is 5.74. The first kappa shape index (κ1) is 24.8. The van der Waals surface area contributed by atoms with Gasteiger partial charge in [0.25, 0.3) is 11.8 Å². The number of carbonyl (C=O) groups excluding carboxylic acids is 3. The maximum absolute atomic E-state index is 12.9. The Morgan fingerprint density at radius 1 is 0.971 bits per heavy atom. The number of rotatable bonds is 9. The number of para-hydroxylation sites is 3. The predicted octanol–water partition coefficient (Wildman–Crippen LogP) is 4.90. The fraction of sp³-hybridized carbons (Fsp3) is 0.240. The van der Waals surface area contributed by atoms with Crippen molar-refractivity contribution in [2.24, 2.45) is 0 Å². The zero-order valence-corrected chi connectivity index (χ0v) is 20.2. The van der Waals surface area contributed by atoms with Gasteiger partial charge < -0.3 is 24.8 Å². The quantitative estimate of drug-likeness (QED) is 0.421. The zero-order valence-electron chi connectivity index (χ0n) is 19.3. The lowest BCUT2D eigenvalue weighted by molar-refractivity contribution is -0.122. The summed E-state index contributed by atoms with van der Waals surface area (Å²) in [4.78, 5) is 38.8. The van der Waals surface area contributed by atoms with E-state index >= 15 is 0 Å². The fourth-order valence-corrected chi connectivity index (χ4v) is 4.24. The number of hydrogen-bond acceptors (Lipinski definition) is 7. The summed E-state index contributed by atoms with van der Waals surface area (Å²) in [6.45, 7) is 5.06. The first-order chi connectivity index (χ1) is 16.3. The summed E-state index contributed by atoms with van der Waals surface area (Å²) in [5, 5.41) is 5.74. The van der Waals surface area contributed by atoms with Crippen LogP contribution in [0.1, 0.15) is 39.4 Å². The minimum Gasteiger partial charge on any atom is -0.493 e. The minimum atomic E-state index is -0.907. The smallest absolute Gasteiger partial charge is 0.341 e. The van der Waals surface area contributed by atoms with Crippen molar-refractivity contribution in [3.8, 4) is 11.5 Å². The van der Waals surface area contributed by atoms with Gasteiger partial charge in [-0.15, -0.1) is 11.3 Å². The molecule has 0 fully saturated rings. The molecule has 8 nitrogen and oxygen atoms in total. The second-order valence-corrected chi connectivity index (χ2v) is 8.22.